The fourth-order valence-corrected chi connectivity index (χ4v) is 4.00. The van der Waals surface area contributed by atoms with Crippen molar-refractivity contribution >= 4 is 17.3 Å². The quantitative estimate of drug-likeness (QED) is 0.667. The van der Waals surface area contributed by atoms with Gasteiger partial charge in [0.2, 0.25) is 0 Å². The maximum Gasteiger partial charge on any atom is 0.193 e. The number of hydrogen-bond donors (Lipinski definition) is 1. The Bertz CT molecular complexity index is 688. The molecule has 0 spiro atoms. The SMILES string of the molecule is CN=C(NCC1(c2ccccc2)CCC1)N(C)Cc1csc(C)n1. The third-order valence-electron chi connectivity index (χ3n) is 4.92. The molecule has 0 atom stereocenters. The van der Waals surface area contributed by atoms with Crippen molar-refractivity contribution in [1.82, 2.24) is 15.2 Å². The summed E-state index contributed by atoms with van der Waals surface area (Å²) in [6, 6.07) is 10.9. The molecule has 1 aromatic carbocycles. The molecule has 0 aliphatic heterocycles. The molecule has 0 unspecified atom stereocenters. The van der Waals surface area contributed by atoms with Gasteiger partial charge in [0, 0.05) is 31.4 Å². The van der Waals surface area contributed by atoms with Gasteiger partial charge in [-0.05, 0) is 25.3 Å². The molecule has 0 radical (unpaired) electrons. The first-order valence-electron chi connectivity index (χ1n) is 8.51. The Morgan fingerprint density at radius 3 is 2.62 bits per heavy atom. The molecule has 0 bridgehead atoms. The largest absolute Gasteiger partial charge is 0.355 e. The van der Waals surface area contributed by atoms with E-state index in [-0.39, 0.29) is 5.41 Å². The molecule has 1 heterocycles. The molecule has 24 heavy (non-hydrogen) atoms. The van der Waals surface area contributed by atoms with E-state index < -0.39 is 0 Å². The van der Waals surface area contributed by atoms with Crippen LogP contribution in [0.5, 0.6) is 0 Å². The Labute approximate surface area is 148 Å². The van der Waals surface area contributed by atoms with Crippen LogP contribution in [-0.4, -0.2) is 36.5 Å². The number of nitrogens with zero attached hydrogens (tertiary/aromatic N) is 3. The number of rotatable bonds is 5. The second-order valence-corrected chi connectivity index (χ2v) is 7.68. The lowest BCUT2D eigenvalue weighted by atomic mass is 9.64. The van der Waals surface area contributed by atoms with Crippen LogP contribution in [0.1, 0.15) is 35.5 Å². The van der Waals surface area contributed by atoms with E-state index in [1.54, 1.807) is 11.3 Å². The van der Waals surface area contributed by atoms with Gasteiger partial charge < -0.3 is 10.2 Å². The van der Waals surface area contributed by atoms with E-state index in [9.17, 15) is 0 Å². The van der Waals surface area contributed by atoms with Crippen molar-refractivity contribution in [2.24, 2.45) is 4.99 Å². The molecule has 1 aliphatic rings. The summed E-state index contributed by atoms with van der Waals surface area (Å²) in [7, 11) is 3.92. The Kier molecular flexibility index (Phi) is 5.19. The van der Waals surface area contributed by atoms with Gasteiger partial charge >= 0.3 is 0 Å². The summed E-state index contributed by atoms with van der Waals surface area (Å²) in [6.07, 6.45) is 3.80. The fourth-order valence-electron chi connectivity index (χ4n) is 3.39. The van der Waals surface area contributed by atoms with Crippen LogP contribution < -0.4 is 5.32 Å². The Hall–Kier alpha value is -1.88. The van der Waals surface area contributed by atoms with Gasteiger partial charge in [-0.3, -0.25) is 4.99 Å². The van der Waals surface area contributed by atoms with Crippen molar-refractivity contribution < 1.29 is 0 Å². The van der Waals surface area contributed by atoms with Crippen molar-refractivity contribution in [1.29, 1.82) is 0 Å². The van der Waals surface area contributed by atoms with E-state index in [1.165, 1.54) is 24.8 Å². The van der Waals surface area contributed by atoms with E-state index in [2.05, 4.69) is 63.0 Å². The smallest absolute Gasteiger partial charge is 0.193 e. The number of nitrogens with one attached hydrogen (secondary N) is 1. The Morgan fingerprint density at radius 2 is 2.08 bits per heavy atom. The van der Waals surface area contributed by atoms with Crippen LogP contribution in [-0.2, 0) is 12.0 Å². The van der Waals surface area contributed by atoms with Crippen molar-refractivity contribution in [3.05, 3.63) is 52.0 Å². The highest BCUT2D eigenvalue weighted by atomic mass is 32.1. The molecule has 2 aromatic rings. The van der Waals surface area contributed by atoms with Crippen LogP contribution >= 0.6 is 11.3 Å². The molecular formula is C19H26N4S. The lowest BCUT2D eigenvalue weighted by Gasteiger charge is -2.43. The summed E-state index contributed by atoms with van der Waals surface area (Å²) in [5.74, 6) is 0.933. The van der Waals surface area contributed by atoms with Gasteiger partial charge in [0.05, 0.1) is 17.2 Å². The van der Waals surface area contributed by atoms with Crippen LogP contribution in [0, 0.1) is 6.92 Å². The highest BCUT2D eigenvalue weighted by Crippen LogP contribution is 2.43. The van der Waals surface area contributed by atoms with Gasteiger partial charge in [-0.25, -0.2) is 4.98 Å². The predicted octanol–water partition coefficient (Wildman–Crippen LogP) is 3.58. The van der Waals surface area contributed by atoms with Crippen LogP contribution in [0.2, 0.25) is 0 Å². The molecule has 128 valence electrons. The molecule has 4 nitrogen and oxygen atoms in total. The minimum atomic E-state index is 0.259. The Balaban J connectivity index is 1.63. The number of hydrogen-bond acceptors (Lipinski definition) is 3. The molecular weight excluding hydrogens is 316 g/mol. The zero-order valence-corrected chi connectivity index (χ0v) is 15.6. The van der Waals surface area contributed by atoms with Gasteiger partial charge in [-0.1, -0.05) is 36.8 Å². The summed E-state index contributed by atoms with van der Waals surface area (Å²) < 4.78 is 0. The fraction of sp³-hybridized carbons (Fsp3) is 0.474. The minimum absolute atomic E-state index is 0.259. The number of aromatic nitrogens is 1. The standard InChI is InChI=1S/C19H26N4S/c1-15-22-17(13-24-15)12-23(3)18(20-2)21-14-19(10-7-11-19)16-8-5-4-6-9-16/h4-6,8-9,13H,7,10-12,14H2,1-3H3,(H,20,21). The molecule has 5 heteroatoms. The zero-order valence-electron chi connectivity index (χ0n) is 14.7. The molecule has 3 rings (SSSR count). The molecule has 1 aliphatic carbocycles. The third kappa shape index (κ3) is 3.61. The first kappa shape index (κ1) is 17.0. The van der Waals surface area contributed by atoms with Crippen molar-refractivity contribution in [3.8, 4) is 0 Å². The normalized spacial score (nSPS) is 16.5. The highest BCUT2D eigenvalue weighted by molar-refractivity contribution is 7.09. The van der Waals surface area contributed by atoms with E-state index in [0.717, 1.165) is 29.8 Å². The minimum Gasteiger partial charge on any atom is -0.355 e. The zero-order chi connectivity index (χ0) is 17.0. The topological polar surface area (TPSA) is 40.5 Å². The molecule has 1 aromatic heterocycles. The monoisotopic (exact) mass is 342 g/mol. The van der Waals surface area contributed by atoms with Crippen molar-refractivity contribution in [3.63, 3.8) is 0 Å². The predicted molar refractivity (Wildman–Crippen MR) is 102 cm³/mol. The van der Waals surface area contributed by atoms with Gasteiger partial charge in [-0.2, -0.15) is 0 Å². The van der Waals surface area contributed by atoms with E-state index in [4.69, 9.17) is 0 Å². The summed E-state index contributed by atoms with van der Waals surface area (Å²) in [5.41, 5.74) is 2.80. The highest BCUT2D eigenvalue weighted by Gasteiger charge is 2.38. The number of guanidine groups is 1. The second-order valence-electron chi connectivity index (χ2n) is 6.61. The lowest BCUT2D eigenvalue weighted by Crippen LogP contribution is -2.49. The van der Waals surface area contributed by atoms with Crippen LogP contribution in [0.25, 0.3) is 0 Å². The maximum atomic E-state index is 4.55. The second kappa shape index (κ2) is 7.34. The first-order valence-corrected chi connectivity index (χ1v) is 9.39. The number of benzene rings is 1. The molecule has 1 fully saturated rings. The molecule has 1 N–H and O–H groups in total. The van der Waals surface area contributed by atoms with Crippen molar-refractivity contribution in [2.75, 3.05) is 20.6 Å². The van der Waals surface area contributed by atoms with Crippen LogP contribution in [0.15, 0.2) is 40.7 Å². The van der Waals surface area contributed by atoms with Crippen LogP contribution in [0.3, 0.4) is 0 Å². The molecule has 0 amide bonds. The summed E-state index contributed by atoms with van der Waals surface area (Å²) in [4.78, 5) is 11.1. The van der Waals surface area contributed by atoms with Gasteiger partial charge in [0.15, 0.2) is 5.96 Å². The van der Waals surface area contributed by atoms with E-state index in [0.29, 0.717) is 0 Å². The Morgan fingerprint density at radius 1 is 1.33 bits per heavy atom. The summed E-state index contributed by atoms with van der Waals surface area (Å²) in [6.45, 7) is 3.76. The average Bonchev–Trinajstić information content (AvgIpc) is 2.96. The van der Waals surface area contributed by atoms with Crippen molar-refractivity contribution in [2.45, 2.75) is 38.1 Å². The van der Waals surface area contributed by atoms with Gasteiger partial charge in [0.1, 0.15) is 0 Å². The molecule has 1 saturated carbocycles. The average molecular weight is 343 g/mol. The first-order chi connectivity index (χ1) is 11.6. The lowest BCUT2D eigenvalue weighted by molar-refractivity contribution is 0.241. The molecule has 0 saturated heterocycles. The number of aryl methyl sites for hydroxylation is 1. The summed E-state index contributed by atoms with van der Waals surface area (Å²) in [5, 5.41) is 6.82. The van der Waals surface area contributed by atoms with Crippen LogP contribution in [0.4, 0.5) is 0 Å². The van der Waals surface area contributed by atoms with E-state index >= 15 is 0 Å². The van der Waals surface area contributed by atoms with Gasteiger partial charge in [-0.15, -0.1) is 11.3 Å². The summed E-state index contributed by atoms with van der Waals surface area (Å²) >= 11 is 1.70. The number of aliphatic imine (C=N–C) groups is 1. The van der Waals surface area contributed by atoms with Gasteiger partial charge in [0.25, 0.3) is 0 Å². The maximum absolute atomic E-state index is 4.55. The third-order valence-corrected chi connectivity index (χ3v) is 5.74. The number of thiazole rings is 1. The van der Waals surface area contributed by atoms with E-state index in [1.807, 2.05) is 14.0 Å².